The number of nitrogen functional groups attached to an aromatic ring is 1. The Balaban J connectivity index is 1.88. The van der Waals surface area contributed by atoms with E-state index >= 15 is 0 Å². The van der Waals surface area contributed by atoms with E-state index in [0.29, 0.717) is 36.0 Å². The molecule has 1 radical (unpaired) electrons. The molecule has 0 spiro atoms. The molecule has 0 unspecified atom stereocenters. The molecule has 47 heavy (non-hydrogen) atoms. The van der Waals surface area contributed by atoms with Gasteiger partial charge in [-0.15, -0.1) is 0 Å². The summed E-state index contributed by atoms with van der Waals surface area (Å²) in [5.41, 5.74) is 7.48. The predicted octanol–water partition coefficient (Wildman–Crippen LogP) is 2.16. The molecule has 0 heterocycles. The minimum absolute atomic E-state index is 0.0678. The van der Waals surface area contributed by atoms with Gasteiger partial charge in [0.2, 0.25) is 29.9 Å². The molecule has 2 aromatic rings. The van der Waals surface area contributed by atoms with Crippen LogP contribution in [0.4, 0.5) is 0 Å². The highest BCUT2D eigenvalue weighted by Crippen LogP contribution is 2.27. The van der Waals surface area contributed by atoms with Crippen molar-refractivity contribution in [3.63, 3.8) is 0 Å². The minimum Gasteiger partial charge on any atom is -0.508 e. The third-order valence-corrected chi connectivity index (χ3v) is 8.28. The lowest BCUT2D eigenvalue weighted by Crippen LogP contribution is -2.60. The molecule has 0 aliphatic heterocycles. The molecular formula is C35H47N6O6. The minimum atomic E-state index is -1.10. The first-order valence-electron chi connectivity index (χ1n) is 16.1. The summed E-state index contributed by atoms with van der Waals surface area (Å²) in [5, 5.41) is 28.4. The lowest BCUT2D eigenvalue weighted by molar-refractivity contribution is -0.135. The van der Waals surface area contributed by atoms with E-state index in [-0.39, 0.29) is 36.3 Å². The fourth-order valence-corrected chi connectivity index (χ4v) is 5.85. The van der Waals surface area contributed by atoms with Crippen LogP contribution in [0.15, 0.2) is 48.5 Å². The number of benzene rings is 2. The average molecular weight is 648 g/mol. The van der Waals surface area contributed by atoms with E-state index in [4.69, 9.17) is 11.1 Å². The van der Waals surface area contributed by atoms with Gasteiger partial charge in [-0.1, -0.05) is 69.5 Å². The number of nitrogens with one attached hydrogen (secondary N) is 5. The Morgan fingerprint density at radius 3 is 1.87 bits per heavy atom. The summed E-state index contributed by atoms with van der Waals surface area (Å²) >= 11 is 0. The molecule has 2 aromatic carbocycles. The SMILES string of the molecule is CC(=O)N[C@@H](Cc1ccc(O)cc1)C(=O)N[C@H](C(=O)N[C@@H](Cc1ccc(C(=N)N)cc1)C(=O)N[C@H]([C]=O)CC(C)C)C1CCCCC1. The first-order chi connectivity index (χ1) is 22.4. The Bertz CT molecular complexity index is 1390. The lowest BCUT2D eigenvalue weighted by atomic mass is 9.83. The van der Waals surface area contributed by atoms with Crippen LogP contribution in [0.25, 0.3) is 0 Å². The molecule has 0 saturated heterocycles. The fourth-order valence-electron chi connectivity index (χ4n) is 5.85. The number of hydrogen-bond acceptors (Lipinski definition) is 7. The van der Waals surface area contributed by atoms with E-state index in [0.717, 1.165) is 19.3 Å². The fraction of sp³-hybridized carbons (Fsp3) is 0.486. The van der Waals surface area contributed by atoms with Crippen molar-refractivity contribution >= 4 is 35.8 Å². The van der Waals surface area contributed by atoms with Crippen LogP contribution >= 0.6 is 0 Å². The van der Waals surface area contributed by atoms with Crippen LogP contribution in [0.5, 0.6) is 5.75 Å². The van der Waals surface area contributed by atoms with Gasteiger partial charge in [0.25, 0.3) is 0 Å². The molecule has 1 fully saturated rings. The molecule has 4 atom stereocenters. The zero-order valence-electron chi connectivity index (χ0n) is 27.3. The van der Waals surface area contributed by atoms with Gasteiger partial charge in [0.1, 0.15) is 29.7 Å². The van der Waals surface area contributed by atoms with Crippen molar-refractivity contribution in [2.45, 2.75) is 96.3 Å². The second-order valence-electron chi connectivity index (χ2n) is 12.7. The molecule has 0 bridgehead atoms. The highest BCUT2D eigenvalue weighted by atomic mass is 16.3. The van der Waals surface area contributed by atoms with Gasteiger partial charge in [-0.3, -0.25) is 29.4 Å². The van der Waals surface area contributed by atoms with E-state index < -0.39 is 47.8 Å². The van der Waals surface area contributed by atoms with E-state index in [9.17, 15) is 29.1 Å². The van der Waals surface area contributed by atoms with Crippen LogP contribution in [0.1, 0.15) is 76.0 Å². The van der Waals surface area contributed by atoms with Gasteiger partial charge in [-0.2, -0.15) is 0 Å². The van der Waals surface area contributed by atoms with Crippen LogP contribution in [-0.4, -0.2) is 65.0 Å². The molecular weight excluding hydrogens is 600 g/mol. The Morgan fingerprint density at radius 1 is 0.830 bits per heavy atom. The number of hydrogen-bond donors (Lipinski definition) is 7. The molecule has 253 valence electrons. The number of phenols is 1. The maximum atomic E-state index is 14.1. The number of aromatic hydroxyl groups is 1. The predicted molar refractivity (Wildman–Crippen MR) is 178 cm³/mol. The van der Waals surface area contributed by atoms with Crippen molar-refractivity contribution < 1.29 is 29.1 Å². The summed E-state index contributed by atoms with van der Waals surface area (Å²) in [7, 11) is 0. The molecule has 12 nitrogen and oxygen atoms in total. The van der Waals surface area contributed by atoms with Crippen molar-refractivity contribution in [2.75, 3.05) is 0 Å². The van der Waals surface area contributed by atoms with Crippen molar-refractivity contribution in [2.24, 2.45) is 17.6 Å². The molecule has 1 saturated carbocycles. The van der Waals surface area contributed by atoms with Crippen LogP contribution < -0.4 is 27.0 Å². The summed E-state index contributed by atoms with van der Waals surface area (Å²) in [5.74, 6) is -2.21. The third-order valence-electron chi connectivity index (χ3n) is 8.28. The molecule has 1 aliphatic carbocycles. The largest absolute Gasteiger partial charge is 0.508 e. The average Bonchev–Trinajstić information content (AvgIpc) is 3.03. The highest BCUT2D eigenvalue weighted by molar-refractivity contribution is 5.96. The second kappa shape index (κ2) is 17.8. The van der Waals surface area contributed by atoms with Crippen molar-refractivity contribution in [1.82, 2.24) is 21.3 Å². The maximum absolute atomic E-state index is 14.1. The topological polar surface area (TPSA) is 204 Å². The molecule has 8 N–H and O–H groups in total. The molecule has 1 aliphatic rings. The maximum Gasteiger partial charge on any atom is 0.243 e. The monoisotopic (exact) mass is 647 g/mol. The summed E-state index contributed by atoms with van der Waals surface area (Å²) in [6.07, 6.45) is 6.60. The number of rotatable bonds is 16. The van der Waals surface area contributed by atoms with Gasteiger partial charge in [-0.05, 0) is 54.4 Å². The van der Waals surface area contributed by atoms with E-state index in [1.807, 2.05) is 20.1 Å². The van der Waals surface area contributed by atoms with Crippen molar-refractivity contribution in [3.05, 3.63) is 65.2 Å². The van der Waals surface area contributed by atoms with Crippen LogP contribution in [0.3, 0.4) is 0 Å². The number of amides is 4. The van der Waals surface area contributed by atoms with Gasteiger partial charge in [-0.25, -0.2) is 0 Å². The second-order valence-corrected chi connectivity index (χ2v) is 12.7. The summed E-state index contributed by atoms with van der Waals surface area (Å²) < 4.78 is 0. The quantitative estimate of drug-likeness (QED) is 0.107. The summed E-state index contributed by atoms with van der Waals surface area (Å²) in [4.78, 5) is 65.0. The van der Waals surface area contributed by atoms with E-state index in [1.54, 1.807) is 36.4 Å². The lowest BCUT2D eigenvalue weighted by Gasteiger charge is -2.32. The Kier molecular flexibility index (Phi) is 13.9. The van der Waals surface area contributed by atoms with Gasteiger partial charge < -0.3 is 32.1 Å². The Hall–Kier alpha value is -4.74. The Labute approximate surface area is 276 Å². The number of carbonyl (C=O) groups excluding carboxylic acids is 5. The van der Waals surface area contributed by atoms with Gasteiger partial charge in [0.15, 0.2) is 0 Å². The standard InChI is InChI=1S/C35H47N6O6/c1-21(2)17-27(20-42)39-33(45)30(19-23-9-13-26(14-10-23)32(36)37)40-35(47)31(25-7-5-4-6-8-25)41-34(46)29(38-22(3)43)18-24-11-15-28(44)16-12-24/h9-16,21,25,27,29-31,44H,4-8,17-19H2,1-3H3,(H3,36,37)(H,38,43)(H,39,45)(H,40,47)(H,41,46)/t27-,29-,30-,31-/m0/s1. The van der Waals surface area contributed by atoms with Crippen molar-refractivity contribution in [3.8, 4) is 5.75 Å². The highest BCUT2D eigenvalue weighted by Gasteiger charge is 2.35. The zero-order chi connectivity index (χ0) is 34.5. The van der Waals surface area contributed by atoms with Crippen molar-refractivity contribution in [1.29, 1.82) is 5.41 Å². The number of amidine groups is 1. The molecule has 4 amide bonds. The van der Waals surface area contributed by atoms with Gasteiger partial charge in [0, 0.05) is 25.3 Å². The summed E-state index contributed by atoms with van der Waals surface area (Å²) in [6.45, 7) is 5.14. The van der Waals surface area contributed by atoms with Gasteiger partial charge >= 0.3 is 0 Å². The molecule has 0 aromatic heterocycles. The van der Waals surface area contributed by atoms with Crippen LogP contribution in [0, 0.1) is 17.2 Å². The van der Waals surface area contributed by atoms with Gasteiger partial charge in [0.05, 0.1) is 6.04 Å². The number of phenolic OH excluding ortho intramolecular Hbond substituents is 1. The third kappa shape index (κ3) is 11.8. The van der Waals surface area contributed by atoms with E-state index in [2.05, 4.69) is 21.3 Å². The molecule has 12 heteroatoms. The zero-order valence-corrected chi connectivity index (χ0v) is 27.3. The molecule has 3 rings (SSSR count). The van der Waals surface area contributed by atoms with Crippen LogP contribution in [0.2, 0.25) is 0 Å². The number of carbonyl (C=O) groups is 4. The van der Waals surface area contributed by atoms with E-state index in [1.165, 1.54) is 19.1 Å². The van der Waals surface area contributed by atoms with Crippen LogP contribution in [-0.2, 0) is 36.8 Å². The normalized spacial score (nSPS) is 15.8. The first kappa shape index (κ1) is 36.7. The first-order valence-corrected chi connectivity index (χ1v) is 16.1. The smallest absolute Gasteiger partial charge is 0.243 e. The summed E-state index contributed by atoms with van der Waals surface area (Å²) in [6, 6.07) is 9.06. The number of nitrogens with two attached hydrogens (primary N) is 1. The Morgan fingerprint density at radius 2 is 1.36 bits per heavy atom.